The van der Waals surface area contributed by atoms with Gasteiger partial charge in [-0.1, -0.05) is 29.0 Å². The van der Waals surface area contributed by atoms with Crippen LogP contribution in [-0.4, -0.2) is 62.3 Å². The number of hydrogen-bond acceptors (Lipinski definition) is 7. The molecule has 1 saturated heterocycles. The normalized spacial score (nSPS) is 15.0. The van der Waals surface area contributed by atoms with E-state index in [0.29, 0.717) is 34.4 Å². The van der Waals surface area contributed by atoms with Crippen LogP contribution in [0.3, 0.4) is 0 Å². The third-order valence-electron chi connectivity index (χ3n) is 4.85. The van der Waals surface area contributed by atoms with Crippen LogP contribution >= 0.6 is 34.3 Å². The molecule has 0 bridgehead atoms. The maximum atomic E-state index is 13.2. The van der Waals surface area contributed by atoms with Crippen molar-refractivity contribution in [1.29, 1.82) is 0 Å². The number of benzene rings is 1. The van der Waals surface area contributed by atoms with Crippen molar-refractivity contribution in [2.75, 3.05) is 51.4 Å². The van der Waals surface area contributed by atoms with Crippen molar-refractivity contribution in [3.63, 3.8) is 0 Å². The zero-order valence-electron chi connectivity index (χ0n) is 16.1. The molecular weight excluding hydrogens is 430 g/mol. The second-order valence-corrected chi connectivity index (χ2v) is 9.10. The number of thiazole rings is 1. The molecule has 4 rings (SSSR count). The van der Waals surface area contributed by atoms with E-state index < -0.39 is 0 Å². The predicted octanol–water partition coefficient (Wildman–Crippen LogP) is 3.93. The first-order chi connectivity index (χ1) is 14.2. The molecule has 0 saturated carbocycles. The minimum atomic E-state index is 0.0369. The number of carbonyl (C=O) groups is 1. The van der Waals surface area contributed by atoms with Gasteiger partial charge in [0.25, 0.3) is 0 Å². The Hall–Kier alpha value is -1.71. The molecule has 0 spiro atoms. The monoisotopic (exact) mass is 451 g/mol. The summed E-state index contributed by atoms with van der Waals surface area (Å²) in [5.41, 5.74) is 0.695. The van der Waals surface area contributed by atoms with Crippen molar-refractivity contribution in [2.45, 2.75) is 6.42 Å². The van der Waals surface area contributed by atoms with E-state index in [9.17, 15) is 4.79 Å². The first kappa shape index (κ1) is 20.6. The fourth-order valence-electron chi connectivity index (χ4n) is 3.27. The van der Waals surface area contributed by atoms with Crippen molar-refractivity contribution in [1.82, 2.24) is 9.88 Å². The third kappa shape index (κ3) is 4.73. The smallest absolute Gasteiger partial charge is 0.234 e. The standard InChI is InChI=1S/C20H22ClN3O3S2/c1-26-16-5-4-15(21)19-18(16)22-20(29-19)24(7-6-23-8-10-27-11-9-23)17(25)13-14-3-2-12-28-14/h2-5,12H,6-11,13H2,1H3. The molecule has 154 valence electrons. The number of fused-ring (bicyclic) bond motifs is 1. The number of hydrogen-bond donors (Lipinski definition) is 0. The number of anilines is 1. The molecule has 0 unspecified atom stereocenters. The van der Waals surface area contributed by atoms with Crippen LogP contribution < -0.4 is 9.64 Å². The Bertz CT molecular complexity index is 971. The molecule has 0 radical (unpaired) electrons. The van der Waals surface area contributed by atoms with Gasteiger partial charge in [-0.05, 0) is 23.6 Å². The van der Waals surface area contributed by atoms with Gasteiger partial charge in [0.1, 0.15) is 11.3 Å². The molecule has 9 heteroatoms. The van der Waals surface area contributed by atoms with Gasteiger partial charge in [-0.25, -0.2) is 4.98 Å². The Kier molecular flexibility index (Phi) is 6.67. The van der Waals surface area contributed by atoms with Crippen LogP contribution in [0.25, 0.3) is 10.2 Å². The predicted molar refractivity (Wildman–Crippen MR) is 119 cm³/mol. The Labute approximate surface area is 182 Å². The second-order valence-electron chi connectivity index (χ2n) is 6.68. The van der Waals surface area contributed by atoms with Crippen LogP contribution in [0.15, 0.2) is 29.6 Å². The first-order valence-corrected chi connectivity index (χ1v) is 11.5. The summed E-state index contributed by atoms with van der Waals surface area (Å²) in [5.74, 6) is 0.695. The van der Waals surface area contributed by atoms with Gasteiger partial charge in [0, 0.05) is 31.1 Å². The Morgan fingerprint density at radius 2 is 2.17 bits per heavy atom. The maximum absolute atomic E-state index is 13.2. The number of rotatable bonds is 7. The summed E-state index contributed by atoms with van der Waals surface area (Å²) >= 11 is 9.41. The van der Waals surface area contributed by atoms with Crippen LogP contribution in [0.1, 0.15) is 4.88 Å². The molecule has 6 nitrogen and oxygen atoms in total. The van der Waals surface area contributed by atoms with E-state index in [1.54, 1.807) is 35.5 Å². The molecule has 1 fully saturated rings. The Morgan fingerprint density at radius 1 is 1.34 bits per heavy atom. The van der Waals surface area contributed by atoms with E-state index in [0.717, 1.165) is 42.4 Å². The van der Waals surface area contributed by atoms with E-state index in [1.165, 1.54) is 11.3 Å². The summed E-state index contributed by atoms with van der Waals surface area (Å²) in [6.45, 7) is 4.58. The van der Waals surface area contributed by atoms with Gasteiger partial charge >= 0.3 is 0 Å². The average Bonchev–Trinajstić information content (AvgIpc) is 3.40. The number of ether oxygens (including phenoxy) is 2. The highest BCUT2D eigenvalue weighted by Gasteiger charge is 2.23. The van der Waals surface area contributed by atoms with Crippen molar-refractivity contribution >= 4 is 55.5 Å². The van der Waals surface area contributed by atoms with E-state index in [-0.39, 0.29) is 5.91 Å². The summed E-state index contributed by atoms with van der Waals surface area (Å²) < 4.78 is 11.7. The molecule has 1 aromatic carbocycles. The lowest BCUT2D eigenvalue weighted by molar-refractivity contribution is -0.118. The maximum Gasteiger partial charge on any atom is 0.234 e. The lowest BCUT2D eigenvalue weighted by Crippen LogP contribution is -2.43. The molecule has 1 aliphatic rings. The molecular formula is C20H22ClN3O3S2. The number of morpholine rings is 1. The summed E-state index contributed by atoms with van der Waals surface area (Å²) in [6, 6.07) is 7.56. The number of halogens is 1. The van der Waals surface area contributed by atoms with Crippen molar-refractivity contribution < 1.29 is 14.3 Å². The molecule has 2 aromatic heterocycles. The van der Waals surface area contributed by atoms with Gasteiger partial charge in [0.2, 0.25) is 5.91 Å². The number of nitrogens with zero attached hydrogens (tertiary/aromatic N) is 3. The Morgan fingerprint density at radius 3 is 2.90 bits per heavy atom. The average molecular weight is 452 g/mol. The highest BCUT2D eigenvalue weighted by Crippen LogP contribution is 2.38. The van der Waals surface area contributed by atoms with Gasteiger partial charge in [0.05, 0.1) is 36.5 Å². The highest BCUT2D eigenvalue weighted by atomic mass is 35.5. The quantitative estimate of drug-likeness (QED) is 0.544. The van der Waals surface area contributed by atoms with E-state index in [4.69, 9.17) is 26.1 Å². The lowest BCUT2D eigenvalue weighted by Gasteiger charge is -2.29. The van der Waals surface area contributed by atoms with Gasteiger partial charge in [-0.2, -0.15) is 0 Å². The van der Waals surface area contributed by atoms with E-state index in [1.807, 2.05) is 17.5 Å². The summed E-state index contributed by atoms with van der Waals surface area (Å²) in [7, 11) is 1.61. The first-order valence-electron chi connectivity index (χ1n) is 9.41. The topological polar surface area (TPSA) is 54.9 Å². The molecule has 3 heterocycles. The van der Waals surface area contributed by atoms with Crippen molar-refractivity contribution in [3.05, 3.63) is 39.5 Å². The molecule has 1 aliphatic heterocycles. The number of aromatic nitrogens is 1. The Balaban J connectivity index is 1.62. The minimum Gasteiger partial charge on any atom is -0.494 e. The SMILES string of the molecule is COc1ccc(Cl)c2sc(N(CCN3CCOCC3)C(=O)Cc3cccs3)nc12. The molecule has 0 aliphatic carbocycles. The van der Waals surface area contributed by atoms with Gasteiger partial charge in [0.15, 0.2) is 5.13 Å². The fourth-order valence-corrected chi connectivity index (χ4v) is 5.27. The van der Waals surface area contributed by atoms with E-state index >= 15 is 0 Å². The lowest BCUT2D eigenvalue weighted by atomic mass is 10.3. The molecule has 0 N–H and O–H groups in total. The number of thiophene rings is 1. The van der Waals surface area contributed by atoms with Crippen molar-refractivity contribution in [3.8, 4) is 5.75 Å². The molecule has 3 aromatic rings. The largest absolute Gasteiger partial charge is 0.494 e. The highest BCUT2D eigenvalue weighted by molar-refractivity contribution is 7.23. The number of carbonyl (C=O) groups excluding carboxylic acids is 1. The zero-order chi connectivity index (χ0) is 20.2. The summed E-state index contributed by atoms with van der Waals surface area (Å²) in [5, 5.41) is 3.26. The van der Waals surface area contributed by atoms with Crippen LogP contribution in [0.5, 0.6) is 5.75 Å². The van der Waals surface area contributed by atoms with Gasteiger partial charge in [-0.3, -0.25) is 14.6 Å². The van der Waals surface area contributed by atoms with Gasteiger partial charge < -0.3 is 9.47 Å². The van der Waals surface area contributed by atoms with Crippen LogP contribution in [-0.2, 0) is 16.0 Å². The minimum absolute atomic E-state index is 0.0369. The van der Waals surface area contributed by atoms with Crippen LogP contribution in [0, 0.1) is 0 Å². The molecule has 1 amide bonds. The number of amides is 1. The molecule has 0 atom stereocenters. The van der Waals surface area contributed by atoms with Crippen LogP contribution in [0.2, 0.25) is 5.02 Å². The van der Waals surface area contributed by atoms with Crippen LogP contribution in [0.4, 0.5) is 5.13 Å². The second kappa shape index (κ2) is 9.40. The third-order valence-corrected chi connectivity index (χ3v) is 7.26. The summed E-state index contributed by atoms with van der Waals surface area (Å²) in [6.07, 6.45) is 0.363. The van der Waals surface area contributed by atoms with Crippen molar-refractivity contribution in [2.24, 2.45) is 0 Å². The fraction of sp³-hybridized carbons (Fsp3) is 0.400. The van der Waals surface area contributed by atoms with E-state index in [2.05, 4.69) is 4.90 Å². The zero-order valence-corrected chi connectivity index (χ0v) is 18.5. The van der Waals surface area contributed by atoms with Gasteiger partial charge in [-0.15, -0.1) is 11.3 Å². The summed E-state index contributed by atoms with van der Waals surface area (Å²) in [4.78, 5) is 23.1. The number of methoxy groups -OCH3 is 1. The molecule has 29 heavy (non-hydrogen) atoms.